The van der Waals surface area contributed by atoms with Gasteiger partial charge in [-0.15, -0.1) is 0 Å². The Bertz CT molecular complexity index is 2270. The summed E-state index contributed by atoms with van der Waals surface area (Å²) in [6.07, 6.45) is 7.79. The first-order valence-corrected chi connectivity index (χ1v) is 17.1. The van der Waals surface area contributed by atoms with Gasteiger partial charge in [-0.2, -0.15) is 0 Å². The van der Waals surface area contributed by atoms with Gasteiger partial charge in [0.25, 0.3) is 5.56 Å². The molecular formula is C38H38FN7O4. The smallest absolute Gasteiger partial charge is 0.337 e. The number of morpholine rings is 1. The highest BCUT2D eigenvalue weighted by atomic mass is 19.1. The Kier molecular flexibility index (Phi) is 8.73. The molecule has 6 aromatic rings. The number of phenols is 1. The van der Waals surface area contributed by atoms with Crippen LogP contribution in [0.5, 0.6) is 5.75 Å². The largest absolute Gasteiger partial charge is 0.508 e. The van der Waals surface area contributed by atoms with E-state index in [1.54, 1.807) is 18.2 Å². The molecule has 2 aliphatic rings. The number of aromatic hydroxyl groups is 1. The van der Waals surface area contributed by atoms with Crippen LogP contribution in [0.3, 0.4) is 0 Å². The van der Waals surface area contributed by atoms with Crippen molar-refractivity contribution in [1.29, 1.82) is 0 Å². The molecule has 8 rings (SSSR count). The second-order valence-corrected chi connectivity index (χ2v) is 13.2. The number of phenolic OH excluding ortho intramolecular Hbond substituents is 1. The summed E-state index contributed by atoms with van der Waals surface area (Å²) in [7, 11) is 0. The topological polar surface area (TPSA) is 119 Å². The fraction of sp³-hybridized carbons (Fsp3) is 0.316. The number of halogens is 1. The van der Waals surface area contributed by atoms with E-state index in [4.69, 9.17) is 4.74 Å². The molecule has 11 nitrogen and oxygen atoms in total. The quantitative estimate of drug-likeness (QED) is 0.236. The summed E-state index contributed by atoms with van der Waals surface area (Å²) in [6, 6.07) is 19.7. The third-order valence-corrected chi connectivity index (χ3v) is 9.94. The Balaban J connectivity index is 1.10. The van der Waals surface area contributed by atoms with E-state index in [-0.39, 0.29) is 28.9 Å². The number of benzene rings is 2. The molecule has 0 radical (unpaired) electrons. The molecule has 0 unspecified atom stereocenters. The third-order valence-electron chi connectivity index (χ3n) is 9.94. The lowest BCUT2D eigenvalue weighted by atomic mass is 9.91. The Morgan fingerprint density at radius 3 is 2.62 bits per heavy atom. The van der Waals surface area contributed by atoms with Crippen molar-refractivity contribution in [3.8, 4) is 22.6 Å². The van der Waals surface area contributed by atoms with Gasteiger partial charge in [-0.05, 0) is 84.8 Å². The number of nitrogens with one attached hydrogen (secondary N) is 1. The normalized spacial score (nSPS) is 18.6. The van der Waals surface area contributed by atoms with Gasteiger partial charge < -0.3 is 19.6 Å². The molecule has 1 aliphatic carbocycles. The standard InChI is InChI=1S/C38H38FN7O4/c39-27-20-34-36(41-21-27)45(31-5-3-4-25(18-31)33-12-11-32(47)19-26(33)23-43-14-16-50-17-15-43)38(49)46(37(34)48)30-9-7-28(8-10-30)40-22-29-24-44-13-2-1-6-35(44)42-29/h1-6,11-13,18-21,24,28,30,40,47H,7-10,14-17,22-23H2. The zero-order chi connectivity index (χ0) is 34.2. The molecule has 5 heterocycles. The molecule has 0 atom stereocenters. The zero-order valence-corrected chi connectivity index (χ0v) is 27.5. The second kappa shape index (κ2) is 13.6. The molecule has 256 valence electrons. The summed E-state index contributed by atoms with van der Waals surface area (Å²) >= 11 is 0. The number of aromatic nitrogens is 5. The van der Waals surface area contributed by atoms with E-state index in [9.17, 15) is 19.1 Å². The Labute approximate surface area is 287 Å². The Morgan fingerprint density at radius 2 is 1.80 bits per heavy atom. The molecule has 1 saturated carbocycles. The average molecular weight is 676 g/mol. The minimum atomic E-state index is -0.642. The summed E-state index contributed by atoms with van der Waals surface area (Å²) in [4.78, 5) is 39.5. The number of ether oxygens (including phenoxy) is 1. The molecule has 2 fully saturated rings. The number of hydrogen-bond donors (Lipinski definition) is 2. The first-order valence-electron chi connectivity index (χ1n) is 17.1. The molecule has 0 spiro atoms. The van der Waals surface area contributed by atoms with E-state index in [1.165, 1.54) is 15.2 Å². The number of pyridine rings is 2. The minimum absolute atomic E-state index is 0.0553. The lowest BCUT2D eigenvalue weighted by Crippen LogP contribution is -2.44. The maximum Gasteiger partial charge on any atom is 0.337 e. The zero-order valence-electron chi connectivity index (χ0n) is 27.5. The van der Waals surface area contributed by atoms with Crippen LogP contribution in [0.1, 0.15) is 43.0 Å². The highest BCUT2D eigenvalue weighted by Crippen LogP contribution is 2.31. The molecule has 2 N–H and O–H groups in total. The van der Waals surface area contributed by atoms with E-state index in [0.717, 1.165) is 60.2 Å². The minimum Gasteiger partial charge on any atom is -0.508 e. The van der Waals surface area contributed by atoms with Gasteiger partial charge >= 0.3 is 5.69 Å². The van der Waals surface area contributed by atoms with E-state index in [2.05, 4.69) is 20.2 Å². The van der Waals surface area contributed by atoms with Crippen LogP contribution in [0.2, 0.25) is 0 Å². The lowest BCUT2D eigenvalue weighted by molar-refractivity contribution is 0.0342. The number of nitrogens with zero attached hydrogens (tertiary/aromatic N) is 6. The summed E-state index contributed by atoms with van der Waals surface area (Å²) in [5, 5.41) is 14.0. The molecule has 1 aliphatic heterocycles. The van der Waals surface area contributed by atoms with Crippen molar-refractivity contribution < 1.29 is 14.2 Å². The predicted molar refractivity (Wildman–Crippen MR) is 188 cm³/mol. The SMILES string of the molecule is O=c1c2cc(F)cnc2n(-c2cccc(-c3ccc(O)cc3CN3CCOCC3)c2)c(=O)n1C1CCC(NCc2cn3ccccc3n2)CC1. The van der Waals surface area contributed by atoms with Crippen molar-refractivity contribution in [2.24, 2.45) is 0 Å². The molecular weight excluding hydrogens is 637 g/mol. The first kappa shape index (κ1) is 32.1. The summed E-state index contributed by atoms with van der Waals surface area (Å²) < 4.78 is 24.8. The van der Waals surface area contributed by atoms with E-state index in [1.807, 2.05) is 59.3 Å². The lowest BCUT2D eigenvalue weighted by Gasteiger charge is -2.30. The Morgan fingerprint density at radius 1 is 0.960 bits per heavy atom. The van der Waals surface area contributed by atoms with Crippen molar-refractivity contribution in [3.05, 3.63) is 123 Å². The molecule has 4 aromatic heterocycles. The summed E-state index contributed by atoms with van der Waals surface area (Å²) in [5.41, 5.74) is 4.12. The fourth-order valence-electron chi connectivity index (χ4n) is 7.40. The monoisotopic (exact) mass is 675 g/mol. The maximum absolute atomic E-state index is 14.6. The van der Waals surface area contributed by atoms with Crippen LogP contribution in [-0.2, 0) is 17.8 Å². The predicted octanol–water partition coefficient (Wildman–Crippen LogP) is 4.81. The van der Waals surface area contributed by atoms with Crippen molar-refractivity contribution in [1.82, 2.24) is 33.7 Å². The van der Waals surface area contributed by atoms with Crippen LogP contribution in [0, 0.1) is 5.82 Å². The van der Waals surface area contributed by atoms with Crippen LogP contribution in [0.25, 0.3) is 33.5 Å². The molecule has 2 aromatic carbocycles. The van der Waals surface area contributed by atoms with Gasteiger partial charge in [0.2, 0.25) is 0 Å². The summed E-state index contributed by atoms with van der Waals surface area (Å²) in [6.45, 7) is 4.15. The van der Waals surface area contributed by atoms with Gasteiger partial charge in [-0.25, -0.2) is 23.7 Å². The van der Waals surface area contributed by atoms with E-state index < -0.39 is 17.1 Å². The van der Waals surface area contributed by atoms with E-state index in [0.29, 0.717) is 44.8 Å². The molecule has 50 heavy (non-hydrogen) atoms. The molecule has 1 saturated heterocycles. The van der Waals surface area contributed by atoms with Gasteiger partial charge in [0.05, 0.1) is 36.2 Å². The van der Waals surface area contributed by atoms with Crippen LogP contribution in [-0.4, -0.2) is 65.9 Å². The third kappa shape index (κ3) is 6.33. The van der Waals surface area contributed by atoms with Crippen LogP contribution in [0.4, 0.5) is 4.39 Å². The van der Waals surface area contributed by atoms with Gasteiger partial charge in [0.1, 0.15) is 17.2 Å². The molecule has 12 heteroatoms. The van der Waals surface area contributed by atoms with Gasteiger partial charge in [0.15, 0.2) is 5.65 Å². The number of fused-ring (bicyclic) bond motifs is 2. The first-order chi connectivity index (χ1) is 24.4. The van der Waals surface area contributed by atoms with Gasteiger partial charge in [0, 0.05) is 50.7 Å². The van der Waals surface area contributed by atoms with Crippen molar-refractivity contribution >= 4 is 16.7 Å². The second-order valence-electron chi connectivity index (χ2n) is 13.2. The van der Waals surface area contributed by atoms with Crippen molar-refractivity contribution in [2.45, 2.75) is 50.9 Å². The van der Waals surface area contributed by atoms with Crippen LogP contribution < -0.4 is 16.6 Å². The van der Waals surface area contributed by atoms with Gasteiger partial charge in [-0.1, -0.05) is 24.3 Å². The number of imidazole rings is 1. The molecule has 0 bridgehead atoms. The van der Waals surface area contributed by atoms with Crippen LogP contribution in [0.15, 0.2) is 94.9 Å². The number of rotatable bonds is 8. The maximum atomic E-state index is 14.6. The average Bonchev–Trinajstić information content (AvgIpc) is 3.56. The molecule has 0 amide bonds. The number of hydrogen-bond acceptors (Lipinski definition) is 8. The van der Waals surface area contributed by atoms with E-state index >= 15 is 0 Å². The van der Waals surface area contributed by atoms with Crippen molar-refractivity contribution in [3.63, 3.8) is 0 Å². The fourth-order valence-corrected chi connectivity index (χ4v) is 7.40. The van der Waals surface area contributed by atoms with Gasteiger partial charge in [-0.3, -0.25) is 14.3 Å². The summed E-state index contributed by atoms with van der Waals surface area (Å²) in [5.74, 6) is -0.467. The van der Waals surface area contributed by atoms with Crippen LogP contribution >= 0.6 is 0 Å². The Hall–Kier alpha value is -5.17. The highest BCUT2D eigenvalue weighted by Gasteiger charge is 2.27. The highest BCUT2D eigenvalue weighted by molar-refractivity contribution is 5.77. The van der Waals surface area contributed by atoms with Crippen molar-refractivity contribution in [2.75, 3.05) is 26.3 Å².